The Labute approximate surface area is 106 Å². The van der Waals surface area contributed by atoms with E-state index in [-0.39, 0.29) is 5.82 Å². The smallest absolute Gasteiger partial charge is 0.156 e. The molecule has 4 nitrogen and oxygen atoms in total. The van der Waals surface area contributed by atoms with Crippen LogP contribution in [0.5, 0.6) is 0 Å². The van der Waals surface area contributed by atoms with Gasteiger partial charge in [-0.15, -0.1) is 10.2 Å². The molecule has 1 aromatic carbocycles. The number of halogens is 2. The van der Waals surface area contributed by atoms with E-state index >= 15 is 0 Å². The lowest BCUT2D eigenvalue weighted by Crippen LogP contribution is -2.03. The number of rotatable bonds is 2. The fourth-order valence-electron chi connectivity index (χ4n) is 1.44. The van der Waals surface area contributed by atoms with Crippen molar-refractivity contribution < 1.29 is 4.39 Å². The van der Waals surface area contributed by atoms with Crippen LogP contribution < -0.4 is 5.32 Å². The molecule has 0 saturated carbocycles. The van der Waals surface area contributed by atoms with Crippen molar-refractivity contribution in [2.45, 2.75) is 6.92 Å². The maximum absolute atomic E-state index is 13.7. The van der Waals surface area contributed by atoms with Crippen molar-refractivity contribution in [3.05, 3.63) is 34.3 Å². The molecule has 17 heavy (non-hydrogen) atoms. The lowest BCUT2D eigenvalue weighted by atomic mass is 10.1. The highest BCUT2D eigenvalue weighted by Crippen LogP contribution is 2.28. The second-order valence-electron chi connectivity index (χ2n) is 3.43. The monoisotopic (exact) mass is 296 g/mol. The quantitative estimate of drug-likeness (QED) is 0.926. The minimum atomic E-state index is -0.357. The Bertz CT molecular complexity index is 559. The molecule has 0 radical (unpaired) electrons. The van der Waals surface area contributed by atoms with Gasteiger partial charge in [-0.2, -0.15) is 0 Å². The zero-order valence-corrected chi connectivity index (χ0v) is 10.9. The molecule has 0 bridgehead atoms. The first-order valence-electron chi connectivity index (χ1n) is 4.96. The molecule has 0 aliphatic rings. The molecule has 0 unspecified atom stereocenters. The number of aromatic nitrogens is 3. The van der Waals surface area contributed by atoms with Crippen LogP contribution in [-0.2, 0) is 0 Å². The minimum absolute atomic E-state index is 0.357. The van der Waals surface area contributed by atoms with Gasteiger partial charge in [0.2, 0.25) is 0 Å². The van der Waals surface area contributed by atoms with Crippen LogP contribution in [0.3, 0.4) is 0 Å². The summed E-state index contributed by atoms with van der Waals surface area (Å²) in [6.07, 6.45) is 0. The molecule has 0 aliphatic carbocycles. The summed E-state index contributed by atoms with van der Waals surface area (Å²) in [7, 11) is 1.71. The second-order valence-corrected chi connectivity index (χ2v) is 4.35. The summed E-state index contributed by atoms with van der Waals surface area (Å²) in [5.41, 5.74) is 0.764. The van der Waals surface area contributed by atoms with Crippen LogP contribution in [0.25, 0.3) is 11.3 Å². The Morgan fingerprint density at radius 1 is 1.29 bits per heavy atom. The Hall–Kier alpha value is -1.56. The van der Waals surface area contributed by atoms with Crippen molar-refractivity contribution in [1.82, 2.24) is 15.2 Å². The number of nitrogens with zero attached hydrogens (tertiary/aromatic N) is 3. The van der Waals surface area contributed by atoms with E-state index in [1.54, 1.807) is 26.1 Å². The molecule has 2 aromatic rings. The largest absolute Gasteiger partial charge is 0.371 e. The molecule has 0 spiro atoms. The van der Waals surface area contributed by atoms with Gasteiger partial charge in [0.1, 0.15) is 17.3 Å². The number of anilines is 1. The highest BCUT2D eigenvalue weighted by molar-refractivity contribution is 9.10. The second kappa shape index (κ2) is 4.75. The Morgan fingerprint density at radius 3 is 2.76 bits per heavy atom. The van der Waals surface area contributed by atoms with Gasteiger partial charge in [0.15, 0.2) is 5.82 Å². The van der Waals surface area contributed by atoms with Crippen molar-refractivity contribution in [2.24, 2.45) is 0 Å². The van der Waals surface area contributed by atoms with E-state index in [0.29, 0.717) is 22.9 Å². The third-order valence-corrected chi connectivity index (χ3v) is 2.71. The normalized spacial score (nSPS) is 10.4. The molecule has 1 heterocycles. The number of aryl methyl sites for hydroxylation is 1. The van der Waals surface area contributed by atoms with Crippen LogP contribution in [0, 0.1) is 12.7 Å². The Balaban J connectivity index is 2.63. The molecule has 88 valence electrons. The van der Waals surface area contributed by atoms with Crippen LogP contribution in [0.4, 0.5) is 10.2 Å². The number of hydrogen-bond donors (Lipinski definition) is 1. The van der Waals surface area contributed by atoms with E-state index < -0.39 is 0 Å². The van der Waals surface area contributed by atoms with Gasteiger partial charge >= 0.3 is 0 Å². The number of benzene rings is 1. The van der Waals surface area contributed by atoms with E-state index in [1.807, 2.05) is 0 Å². The van der Waals surface area contributed by atoms with E-state index in [0.717, 1.165) is 4.47 Å². The van der Waals surface area contributed by atoms with E-state index in [4.69, 9.17) is 0 Å². The van der Waals surface area contributed by atoms with E-state index in [1.165, 1.54) is 6.07 Å². The summed E-state index contributed by atoms with van der Waals surface area (Å²) in [6.45, 7) is 1.73. The molecule has 2 rings (SSSR count). The third kappa shape index (κ3) is 2.41. The minimum Gasteiger partial charge on any atom is -0.371 e. The van der Waals surface area contributed by atoms with Crippen molar-refractivity contribution in [3.8, 4) is 11.3 Å². The molecule has 1 N–H and O–H groups in total. The fraction of sp³-hybridized carbons (Fsp3) is 0.182. The van der Waals surface area contributed by atoms with Gasteiger partial charge in [-0.05, 0) is 25.1 Å². The molecule has 0 saturated heterocycles. The van der Waals surface area contributed by atoms with Crippen molar-refractivity contribution in [2.75, 3.05) is 12.4 Å². The van der Waals surface area contributed by atoms with Crippen LogP contribution in [0.2, 0.25) is 0 Å². The van der Waals surface area contributed by atoms with Crippen LogP contribution in [-0.4, -0.2) is 22.2 Å². The van der Waals surface area contributed by atoms with Gasteiger partial charge in [-0.3, -0.25) is 0 Å². The van der Waals surface area contributed by atoms with Gasteiger partial charge in [0, 0.05) is 17.1 Å². The summed E-state index contributed by atoms with van der Waals surface area (Å²) in [6, 6.07) is 4.66. The summed E-state index contributed by atoms with van der Waals surface area (Å²) in [5.74, 6) is 0.688. The lowest BCUT2D eigenvalue weighted by Gasteiger charge is -2.08. The van der Waals surface area contributed by atoms with Crippen LogP contribution in [0.15, 0.2) is 22.7 Å². The Kier molecular flexibility index (Phi) is 3.33. The van der Waals surface area contributed by atoms with Gasteiger partial charge in [0.05, 0.1) is 0 Å². The lowest BCUT2D eigenvalue weighted by molar-refractivity contribution is 0.630. The van der Waals surface area contributed by atoms with Gasteiger partial charge < -0.3 is 5.32 Å². The SMILES string of the molecule is CNc1nc(C)nnc1-c1cc(Br)ccc1F. The maximum Gasteiger partial charge on any atom is 0.156 e. The van der Waals surface area contributed by atoms with Gasteiger partial charge in [-0.25, -0.2) is 9.37 Å². The number of nitrogens with one attached hydrogen (secondary N) is 1. The molecule has 0 aliphatic heterocycles. The predicted octanol–water partition coefficient (Wildman–Crippen LogP) is 2.79. The highest BCUT2D eigenvalue weighted by Gasteiger charge is 2.13. The predicted molar refractivity (Wildman–Crippen MR) is 67.2 cm³/mol. The Morgan fingerprint density at radius 2 is 2.06 bits per heavy atom. The third-order valence-electron chi connectivity index (χ3n) is 2.21. The van der Waals surface area contributed by atoms with Gasteiger partial charge in [-0.1, -0.05) is 15.9 Å². The molecule has 6 heteroatoms. The van der Waals surface area contributed by atoms with Gasteiger partial charge in [0.25, 0.3) is 0 Å². The number of hydrogen-bond acceptors (Lipinski definition) is 4. The van der Waals surface area contributed by atoms with E-state index in [9.17, 15) is 4.39 Å². The zero-order valence-electron chi connectivity index (χ0n) is 9.33. The molecular formula is C11H10BrFN4. The first kappa shape index (κ1) is 11.9. The zero-order chi connectivity index (χ0) is 12.4. The summed E-state index contributed by atoms with van der Waals surface area (Å²) in [5, 5.41) is 10.7. The molecule has 0 amide bonds. The molecule has 0 atom stereocenters. The average Bonchev–Trinajstić information content (AvgIpc) is 2.32. The highest BCUT2D eigenvalue weighted by atomic mass is 79.9. The summed E-state index contributed by atoms with van der Waals surface area (Å²) >= 11 is 3.30. The fourth-order valence-corrected chi connectivity index (χ4v) is 1.80. The topological polar surface area (TPSA) is 50.7 Å². The molecule has 1 aromatic heterocycles. The first-order valence-corrected chi connectivity index (χ1v) is 5.75. The standard InChI is InChI=1S/C11H10BrFN4/c1-6-15-11(14-2)10(17-16-6)8-5-7(12)3-4-9(8)13/h3-5H,1-2H3,(H,14,15,16). The van der Waals surface area contributed by atoms with Crippen molar-refractivity contribution >= 4 is 21.7 Å². The summed E-state index contributed by atoms with van der Waals surface area (Å²) < 4.78 is 14.5. The first-order chi connectivity index (χ1) is 8.11. The van der Waals surface area contributed by atoms with Crippen molar-refractivity contribution in [3.63, 3.8) is 0 Å². The molecule has 0 fully saturated rings. The van der Waals surface area contributed by atoms with Crippen molar-refractivity contribution in [1.29, 1.82) is 0 Å². The summed E-state index contributed by atoms with van der Waals surface area (Å²) in [4.78, 5) is 4.17. The van der Waals surface area contributed by atoms with Crippen LogP contribution in [0.1, 0.15) is 5.82 Å². The maximum atomic E-state index is 13.7. The van der Waals surface area contributed by atoms with E-state index in [2.05, 4.69) is 36.4 Å². The average molecular weight is 297 g/mol. The molecular weight excluding hydrogens is 287 g/mol. The van der Waals surface area contributed by atoms with Crippen LogP contribution >= 0.6 is 15.9 Å².